The van der Waals surface area contributed by atoms with Crippen molar-refractivity contribution in [3.63, 3.8) is 0 Å². The predicted octanol–water partition coefficient (Wildman–Crippen LogP) is 4.45. The monoisotopic (exact) mass is 441 g/mol. The van der Waals surface area contributed by atoms with E-state index in [4.69, 9.17) is 21.1 Å². The standard InChI is InChI=1S/C21H16ClN3O4S/c22-12-2-1-3-13(9-12)23-20(27)14-5-7-17-18(14)24-21(30-17)25-19(26)11-4-6-15-16(8-11)29-10-28-15/h1-4,6,8-9,14H,5,7,10H2,(H,23,27)(H,24,25,26). The van der Waals surface area contributed by atoms with Gasteiger partial charge in [-0.05, 0) is 49.2 Å². The van der Waals surface area contributed by atoms with E-state index in [9.17, 15) is 9.59 Å². The topological polar surface area (TPSA) is 89.6 Å². The molecule has 2 heterocycles. The number of halogens is 1. The third kappa shape index (κ3) is 3.59. The number of rotatable bonds is 4. The molecule has 0 bridgehead atoms. The van der Waals surface area contributed by atoms with Gasteiger partial charge in [0.2, 0.25) is 12.7 Å². The molecule has 152 valence electrons. The molecule has 1 aromatic heterocycles. The molecule has 5 rings (SSSR count). The van der Waals surface area contributed by atoms with Crippen LogP contribution in [0.15, 0.2) is 42.5 Å². The van der Waals surface area contributed by atoms with Crippen molar-refractivity contribution in [3.05, 3.63) is 63.6 Å². The molecule has 0 saturated heterocycles. The molecular formula is C21H16ClN3O4S. The van der Waals surface area contributed by atoms with E-state index in [-0.39, 0.29) is 24.5 Å². The van der Waals surface area contributed by atoms with Gasteiger partial charge < -0.3 is 14.8 Å². The molecule has 0 radical (unpaired) electrons. The Hall–Kier alpha value is -3.10. The molecule has 0 spiro atoms. The quantitative estimate of drug-likeness (QED) is 0.624. The zero-order valence-electron chi connectivity index (χ0n) is 15.6. The summed E-state index contributed by atoms with van der Waals surface area (Å²) in [6.07, 6.45) is 1.44. The average molecular weight is 442 g/mol. The Kier molecular flexibility index (Phi) is 4.80. The maximum absolute atomic E-state index is 12.7. The number of ether oxygens (including phenoxy) is 2. The van der Waals surface area contributed by atoms with E-state index < -0.39 is 0 Å². The largest absolute Gasteiger partial charge is 0.454 e. The van der Waals surface area contributed by atoms with Gasteiger partial charge in [-0.15, -0.1) is 11.3 Å². The van der Waals surface area contributed by atoms with Gasteiger partial charge in [-0.2, -0.15) is 0 Å². The number of aryl methyl sites for hydroxylation is 1. The van der Waals surface area contributed by atoms with Crippen molar-refractivity contribution in [2.45, 2.75) is 18.8 Å². The highest BCUT2D eigenvalue weighted by molar-refractivity contribution is 7.16. The highest BCUT2D eigenvalue weighted by Crippen LogP contribution is 2.39. The van der Waals surface area contributed by atoms with Crippen molar-refractivity contribution in [1.29, 1.82) is 0 Å². The number of carbonyl (C=O) groups is 2. The van der Waals surface area contributed by atoms with Gasteiger partial charge in [0.25, 0.3) is 5.91 Å². The fourth-order valence-electron chi connectivity index (χ4n) is 3.54. The molecule has 2 N–H and O–H groups in total. The first kappa shape index (κ1) is 18.9. The van der Waals surface area contributed by atoms with Gasteiger partial charge in [0.1, 0.15) is 0 Å². The Bertz CT molecular complexity index is 1160. The van der Waals surface area contributed by atoms with E-state index in [0.717, 1.165) is 17.0 Å². The van der Waals surface area contributed by atoms with E-state index in [1.807, 2.05) is 0 Å². The normalized spacial score (nSPS) is 16.2. The summed E-state index contributed by atoms with van der Waals surface area (Å²) in [5.41, 5.74) is 1.82. The summed E-state index contributed by atoms with van der Waals surface area (Å²) in [5, 5.41) is 6.74. The molecule has 3 aromatic rings. The van der Waals surface area contributed by atoms with Gasteiger partial charge >= 0.3 is 0 Å². The van der Waals surface area contributed by atoms with Crippen LogP contribution >= 0.6 is 22.9 Å². The number of anilines is 2. The lowest BCUT2D eigenvalue weighted by Gasteiger charge is -2.11. The molecule has 2 aliphatic rings. The fraction of sp³-hybridized carbons (Fsp3) is 0.190. The summed E-state index contributed by atoms with van der Waals surface area (Å²) in [6, 6.07) is 12.0. The molecule has 0 fully saturated rings. The molecule has 30 heavy (non-hydrogen) atoms. The van der Waals surface area contributed by atoms with Crippen LogP contribution in [-0.4, -0.2) is 23.6 Å². The fourth-order valence-corrected chi connectivity index (χ4v) is 4.76. The number of benzene rings is 2. The lowest BCUT2D eigenvalue weighted by molar-refractivity contribution is -0.117. The van der Waals surface area contributed by atoms with E-state index in [1.165, 1.54) is 11.3 Å². The van der Waals surface area contributed by atoms with Crippen LogP contribution in [0.3, 0.4) is 0 Å². The number of carbonyl (C=O) groups excluding carboxylic acids is 2. The van der Waals surface area contributed by atoms with Crippen LogP contribution in [-0.2, 0) is 11.2 Å². The zero-order chi connectivity index (χ0) is 20.7. The second-order valence-corrected chi connectivity index (χ2v) is 8.46. The van der Waals surface area contributed by atoms with E-state index in [0.29, 0.717) is 39.3 Å². The lowest BCUT2D eigenvalue weighted by atomic mass is 10.1. The molecule has 0 saturated carbocycles. The summed E-state index contributed by atoms with van der Waals surface area (Å²) in [6.45, 7) is 0.151. The number of fused-ring (bicyclic) bond motifs is 2. The first-order chi connectivity index (χ1) is 14.6. The van der Waals surface area contributed by atoms with Crippen LogP contribution in [0.5, 0.6) is 11.5 Å². The van der Waals surface area contributed by atoms with Gasteiger partial charge in [0.05, 0.1) is 11.6 Å². The smallest absolute Gasteiger partial charge is 0.257 e. The first-order valence-corrected chi connectivity index (χ1v) is 10.5. The predicted molar refractivity (Wildman–Crippen MR) is 114 cm³/mol. The van der Waals surface area contributed by atoms with Crippen LogP contribution in [0.2, 0.25) is 5.02 Å². The lowest BCUT2D eigenvalue weighted by Crippen LogP contribution is -2.20. The second kappa shape index (κ2) is 7.62. The number of nitrogens with one attached hydrogen (secondary N) is 2. The van der Waals surface area contributed by atoms with Gasteiger partial charge in [0, 0.05) is 21.2 Å². The highest BCUT2D eigenvalue weighted by Gasteiger charge is 2.33. The zero-order valence-corrected chi connectivity index (χ0v) is 17.2. The van der Waals surface area contributed by atoms with E-state index in [1.54, 1.807) is 42.5 Å². The van der Waals surface area contributed by atoms with Crippen molar-refractivity contribution in [2.75, 3.05) is 17.4 Å². The minimum atomic E-state index is -0.355. The van der Waals surface area contributed by atoms with Crippen molar-refractivity contribution in [1.82, 2.24) is 4.98 Å². The average Bonchev–Trinajstić information content (AvgIpc) is 3.42. The minimum Gasteiger partial charge on any atom is -0.454 e. The van der Waals surface area contributed by atoms with Crippen LogP contribution in [0, 0.1) is 0 Å². The van der Waals surface area contributed by atoms with Crippen LogP contribution in [0.4, 0.5) is 10.8 Å². The van der Waals surface area contributed by atoms with Gasteiger partial charge in [-0.3, -0.25) is 14.9 Å². The van der Waals surface area contributed by atoms with E-state index >= 15 is 0 Å². The highest BCUT2D eigenvalue weighted by atomic mass is 35.5. The molecule has 9 heteroatoms. The molecule has 1 unspecified atom stereocenters. The number of amides is 2. The number of hydrogen-bond acceptors (Lipinski definition) is 6. The number of aromatic nitrogens is 1. The van der Waals surface area contributed by atoms with Crippen molar-refractivity contribution >= 4 is 45.6 Å². The number of nitrogens with zero attached hydrogens (tertiary/aromatic N) is 1. The molecule has 1 atom stereocenters. The molecule has 2 aromatic carbocycles. The summed E-state index contributed by atoms with van der Waals surface area (Å²) in [4.78, 5) is 30.9. The molecule has 1 aliphatic carbocycles. The molecule has 2 amide bonds. The van der Waals surface area contributed by atoms with Crippen LogP contribution < -0.4 is 20.1 Å². The van der Waals surface area contributed by atoms with Gasteiger partial charge in [-0.1, -0.05) is 17.7 Å². The third-order valence-corrected chi connectivity index (χ3v) is 6.26. The Morgan fingerprint density at radius 3 is 2.83 bits per heavy atom. The first-order valence-electron chi connectivity index (χ1n) is 9.34. The summed E-state index contributed by atoms with van der Waals surface area (Å²) in [7, 11) is 0. The Morgan fingerprint density at radius 2 is 1.97 bits per heavy atom. The minimum absolute atomic E-state index is 0.130. The van der Waals surface area contributed by atoms with Crippen molar-refractivity contribution in [3.8, 4) is 11.5 Å². The van der Waals surface area contributed by atoms with Crippen molar-refractivity contribution < 1.29 is 19.1 Å². The molecular weight excluding hydrogens is 426 g/mol. The van der Waals surface area contributed by atoms with Gasteiger partial charge in [0.15, 0.2) is 16.6 Å². The Labute approximate surface area is 181 Å². The van der Waals surface area contributed by atoms with Crippen LogP contribution in [0.1, 0.15) is 33.3 Å². The van der Waals surface area contributed by atoms with Crippen molar-refractivity contribution in [2.24, 2.45) is 0 Å². The maximum Gasteiger partial charge on any atom is 0.257 e. The third-order valence-electron chi connectivity index (χ3n) is 4.98. The van der Waals surface area contributed by atoms with Crippen LogP contribution in [0.25, 0.3) is 0 Å². The summed E-state index contributed by atoms with van der Waals surface area (Å²) < 4.78 is 10.6. The SMILES string of the molecule is O=C(Nc1nc2c(s1)CCC2C(=O)Nc1cccc(Cl)c1)c1ccc2c(c1)OCO2. The maximum atomic E-state index is 12.7. The number of hydrogen-bond donors (Lipinski definition) is 2. The Balaban J connectivity index is 1.29. The second-order valence-electron chi connectivity index (χ2n) is 6.94. The molecule has 1 aliphatic heterocycles. The van der Waals surface area contributed by atoms with E-state index in [2.05, 4.69) is 15.6 Å². The number of thiazole rings is 1. The Morgan fingerprint density at radius 1 is 1.10 bits per heavy atom. The van der Waals surface area contributed by atoms with Gasteiger partial charge in [-0.25, -0.2) is 4.98 Å². The summed E-state index contributed by atoms with van der Waals surface area (Å²) in [5.74, 6) is 0.386. The summed E-state index contributed by atoms with van der Waals surface area (Å²) >= 11 is 7.39. The molecule has 7 nitrogen and oxygen atoms in total.